The summed E-state index contributed by atoms with van der Waals surface area (Å²) in [6.07, 6.45) is 6.78. The Morgan fingerprint density at radius 2 is 1.19 bits per heavy atom. The Labute approximate surface area is 109 Å². The van der Waals surface area contributed by atoms with Crippen LogP contribution < -0.4 is 0 Å². The maximum Gasteiger partial charge on any atom is 0.0441 e. The van der Waals surface area contributed by atoms with Crippen LogP contribution in [0.25, 0.3) is 0 Å². The van der Waals surface area contributed by atoms with Gasteiger partial charge in [0, 0.05) is 10.0 Å². The van der Waals surface area contributed by atoms with Crippen LogP contribution in [0.15, 0.2) is 12.1 Å². The Hall–Kier alpha value is -0.200. The first kappa shape index (κ1) is 13.9. The number of hydrogen-bond acceptors (Lipinski definition) is 0. The highest BCUT2D eigenvalue weighted by molar-refractivity contribution is 6.34. The Bertz CT molecular complexity index is 298. The van der Waals surface area contributed by atoms with Crippen LogP contribution in [-0.4, -0.2) is 0 Å². The van der Waals surface area contributed by atoms with E-state index in [2.05, 4.69) is 13.8 Å². The zero-order valence-corrected chi connectivity index (χ0v) is 11.7. The molecule has 0 atom stereocenters. The molecule has 0 aliphatic carbocycles. The molecular weight excluding hydrogens is 239 g/mol. The highest BCUT2D eigenvalue weighted by atomic mass is 35.5. The lowest BCUT2D eigenvalue weighted by Gasteiger charge is -2.09. The Balaban J connectivity index is 2.79. The molecule has 90 valence electrons. The Morgan fingerprint density at radius 1 is 0.812 bits per heavy atom. The van der Waals surface area contributed by atoms with E-state index in [4.69, 9.17) is 23.2 Å². The third-order valence-electron chi connectivity index (χ3n) is 2.81. The molecule has 0 N–H and O–H groups in total. The molecule has 0 saturated heterocycles. The number of benzene rings is 1. The summed E-state index contributed by atoms with van der Waals surface area (Å²) < 4.78 is 0. The van der Waals surface area contributed by atoms with E-state index in [1.807, 2.05) is 12.1 Å². The highest BCUT2D eigenvalue weighted by Gasteiger charge is 2.06. The van der Waals surface area contributed by atoms with E-state index in [0.717, 1.165) is 22.9 Å². The molecule has 0 aromatic heterocycles. The van der Waals surface area contributed by atoms with Crippen molar-refractivity contribution < 1.29 is 0 Å². The summed E-state index contributed by atoms with van der Waals surface area (Å²) in [6.45, 7) is 4.37. The minimum atomic E-state index is 0.879. The molecule has 0 spiro atoms. The minimum absolute atomic E-state index is 0.879. The van der Waals surface area contributed by atoms with Crippen LogP contribution in [0, 0.1) is 0 Å². The average molecular weight is 259 g/mol. The van der Waals surface area contributed by atoms with Gasteiger partial charge in [-0.05, 0) is 48.9 Å². The maximum atomic E-state index is 6.26. The average Bonchev–Trinajstić information content (AvgIpc) is 2.28. The number of unbranched alkanes of at least 4 members (excludes halogenated alkanes) is 2. The minimum Gasteiger partial charge on any atom is -0.0840 e. The van der Waals surface area contributed by atoms with Gasteiger partial charge in [-0.1, -0.05) is 49.9 Å². The fourth-order valence-corrected chi connectivity index (χ4v) is 2.31. The fourth-order valence-electron chi connectivity index (χ4n) is 1.75. The predicted octanol–water partition coefficient (Wildman–Crippen LogP) is 5.68. The van der Waals surface area contributed by atoms with E-state index in [9.17, 15) is 0 Å². The van der Waals surface area contributed by atoms with Crippen LogP contribution in [-0.2, 0) is 12.8 Å². The van der Waals surface area contributed by atoms with Crippen LogP contribution in [0.5, 0.6) is 0 Å². The second kappa shape index (κ2) is 7.19. The lowest BCUT2D eigenvalue weighted by molar-refractivity contribution is 0.786. The molecular formula is C14H20Cl2. The number of halogens is 2. The van der Waals surface area contributed by atoms with Crippen molar-refractivity contribution >= 4 is 23.2 Å². The van der Waals surface area contributed by atoms with Gasteiger partial charge in [0.15, 0.2) is 0 Å². The van der Waals surface area contributed by atoms with Crippen molar-refractivity contribution in [1.82, 2.24) is 0 Å². The van der Waals surface area contributed by atoms with Gasteiger partial charge >= 0.3 is 0 Å². The molecule has 0 fully saturated rings. The largest absolute Gasteiger partial charge is 0.0840 e. The molecule has 0 saturated carbocycles. The van der Waals surface area contributed by atoms with Crippen LogP contribution in [0.3, 0.4) is 0 Å². The van der Waals surface area contributed by atoms with Gasteiger partial charge in [0.05, 0.1) is 0 Å². The van der Waals surface area contributed by atoms with Crippen molar-refractivity contribution in [3.8, 4) is 0 Å². The number of hydrogen-bond donors (Lipinski definition) is 0. The van der Waals surface area contributed by atoms with Crippen molar-refractivity contribution in [3.63, 3.8) is 0 Å². The van der Waals surface area contributed by atoms with Gasteiger partial charge in [-0.25, -0.2) is 0 Å². The number of rotatable bonds is 6. The van der Waals surface area contributed by atoms with Crippen LogP contribution in [0.4, 0.5) is 0 Å². The molecule has 1 aromatic carbocycles. The summed E-state index contributed by atoms with van der Waals surface area (Å²) in [4.78, 5) is 0. The molecule has 0 bridgehead atoms. The first-order valence-electron chi connectivity index (χ1n) is 6.15. The maximum absolute atomic E-state index is 6.26. The summed E-state index contributed by atoms with van der Waals surface area (Å²) in [6, 6.07) is 4.09. The van der Waals surface area contributed by atoms with Gasteiger partial charge in [0.2, 0.25) is 0 Å². The first-order valence-corrected chi connectivity index (χ1v) is 6.91. The highest BCUT2D eigenvalue weighted by Crippen LogP contribution is 2.27. The van der Waals surface area contributed by atoms with Gasteiger partial charge in [0.25, 0.3) is 0 Å². The van der Waals surface area contributed by atoms with Gasteiger partial charge in [-0.2, -0.15) is 0 Å². The quantitative estimate of drug-likeness (QED) is 0.616. The molecule has 0 radical (unpaired) electrons. The zero-order chi connectivity index (χ0) is 12.0. The Kier molecular flexibility index (Phi) is 6.23. The predicted molar refractivity (Wildman–Crippen MR) is 73.7 cm³/mol. The van der Waals surface area contributed by atoms with Crippen molar-refractivity contribution in [2.75, 3.05) is 0 Å². The van der Waals surface area contributed by atoms with E-state index >= 15 is 0 Å². The van der Waals surface area contributed by atoms with E-state index in [-0.39, 0.29) is 0 Å². The molecule has 0 amide bonds. The van der Waals surface area contributed by atoms with E-state index in [0.29, 0.717) is 0 Å². The zero-order valence-electron chi connectivity index (χ0n) is 10.2. The molecule has 0 aliphatic rings. The molecule has 0 nitrogen and oxygen atoms in total. The third-order valence-corrected chi connectivity index (χ3v) is 3.52. The molecule has 0 unspecified atom stereocenters. The molecule has 2 heteroatoms. The smallest absolute Gasteiger partial charge is 0.0441 e. The Morgan fingerprint density at radius 3 is 1.50 bits per heavy atom. The molecule has 1 aromatic rings. The van der Waals surface area contributed by atoms with Crippen LogP contribution >= 0.6 is 23.2 Å². The standard InChI is InChI=1S/C14H20Cl2/c1-3-5-7-11-9-14(16)12(8-6-4-2)10-13(11)15/h9-10H,3-8H2,1-2H3. The summed E-state index contributed by atoms with van der Waals surface area (Å²) in [5.74, 6) is 0. The van der Waals surface area contributed by atoms with Crippen LogP contribution in [0.1, 0.15) is 50.7 Å². The summed E-state index contributed by atoms with van der Waals surface area (Å²) in [7, 11) is 0. The van der Waals surface area contributed by atoms with Gasteiger partial charge in [-0.15, -0.1) is 0 Å². The summed E-state index contributed by atoms with van der Waals surface area (Å²) in [5.41, 5.74) is 2.38. The van der Waals surface area contributed by atoms with Gasteiger partial charge in [0.1, 0.15) is 0 Å². The molecule has 0 aliphatic heterocycles. The van der Waals surface area contributed by atoms with Crippen LogP contribution in [0.2, 0.25) is 10.0 Å². The lowest BCUT2D eigenvalue weighted by Crippen LogP contribution is -1.92. The van der Waals surface area contributed by atoms with Gasteiger partial charge in [-0.3, -0.25) is 0 Å². The monoisotopic (exact) mass is 258 g/mol. The topological polar surface area (TPSA) is 0 Å². The van der Waals surface area contributed by atoms with Crippen molar-refractivity contribution in [2.45, 2.75) is 52.4 Å². The fraction of sp³-hybridized carbons (Fsp3) is 0.571. The van der Waals surface area contributed by atoms with E-state index < -0.39 is 0 Å². The first-order chi connectivity index (χ1) is 7.69. The normalized spacial score (nSPS) is 10.8. The van der Waals surface area contributed by atoms with Gasteiger partial charge < -0.3 is 0 Å². The molecule has 1 rings (SSSR count). The van der Waals surface area contributed by atoms with Crippen molar-refractivity contribution in [1.29, 1.82) is 0 Å². The SMILES string of the molecule is CCCCc1cc(Cl)c(CCCC)cc1Cl. The third kappa shape index (κ3) is 3.99. The van der Waals surface area contributed by atoms with Crippen molar-refractivity contribution in [3.05, 3.63) is 33.3 Å². The lowest BCUT2D eigenvalue weighted by atomic mass is 10.0. The molecule has 16 heavy (non-hydrogen) atoms. The second-order valence-corrected chi connectivity index (χ2v) is 5.06. The molecule has 0 heterocycles. The van der Waals surface area contributed by atoms with E-state index in [1.165, 1.54) is 36.8 Å². The second-order valence-electron chi connectivity index (χ2n) is 4.24. The summed E-state index contributed by atoms with van der Waals surface area (Å²) >= 11 is 12.5. The van der Waals surface area contributed by atoms with Crippen molar-refractivity contribution in [2.24, 2.45) is 0 Å². The van der Waals surface area contributed by atoms with E-state index in [1.54, 1.807) is 0 Å². The number of aryl methyl sites for hydroxylation is 2. The summed E-state index contributed by atoms with van der Waals surface area (Å²) in [5, 5.41) is 1.76.